The summed E-state index contributed by atoms with van der Waals surface area (Å²) >= 11 is 1.59. The molecular weight excluding hydrogens is 504 g/mol. The van der Waals surface area contributed by atoms with Crippen LogP contribution in [0.2, 0.25) is 0 Å². The van der Waals surface area contributed by atoms with E-state index in [2.05, 4.69) is 51.7 Å². The molecule has 39 heavy (non-hydrogen) atoms. The first-order valence-electron chi connectivity index (χ1n) is 14.0. The van der Waals surface area contributed by atoms with E-state index in [1.165, 1.54) is 5.56 Å². The monoisotopic (exact) mass is 544 g/mol. The highest BCUT2D eigenvalue weighted by Crippen LogP contribution is 2.30. The first-order valence-corrected chi connectivity index (χ1v) is 15.0. The number of amides is 2. The molecular formula is C32H40N4O2S. The highest BCUT2D eigenvalue weighted by atomic mass is 32.2. The quantitative estimate of drug-likeness (QED) is 0.269. The van der Waals surface area contributed by atoms with Gasteiger partial charge in [0.1, 0.15) is 5.03 Å². The van der Waals surface area contributed by atoms with Crippen LogP contribution in [0.5, 0.6) is 0 Å². The van der Waals surface area contributed by atoms with Gasteiger partial charge in [-0.3, -0.25) is 9.59 Å². The molecule has 1 saturated heterocycles. The van der Waals surface area contributed by atoms with E-state index in [0.29, 0.717) is 11.5 Å². The van der Waals surface area contributed by atoms with Crippen LogP contribution in [0.3, 0.4) is 0 Å². The second kappa shape index (κ2) is 14.3. The predicted molar refractivity (Wildman–Crippen MR) is 160 cm³/mol. The molecule has 0 radical (unpaired) electrons. The van der Waals surface area contributed by atoms with Crippen LogP contribution >= 0.6 is 11.8 Å². The summed E-state index contributed by atoms with van der Waals surface area (Å²) in [6.45, 7) is 8.83. The zero-order valence-corrected chi connectivity index (χ0v) is 24.0. The van der Waals surface area contributed by atoms with Gasteiger partial charge >= 0.3 is 0 Å². The zero-order valence-electron chi connectivity index (χ0n) is 23.2. The standard InChI is InChI=1S/C32H40N4O2S/c1-4-39-32-28(14-9-18-33-32)31(38)35-29(25-10-6-5-7-11-25)17-21-36-19-15-24(16-20-36)26-12-8-13-27(22-26)34-30(37)23(2)3/h5-14,18,22-24,29H,4,15-17,19-21H2,1-3H3,(H,34,37)(H,35,38). The average Bonchev–Trinajstić information content (AvgIpc) is 2.96. The Morgan fingerprint density at radius 3 is 2.51 bits per heavy atom. The van der Waals surface area contributed by atoms with Crippen LogP contribution in [0, 0.1) is 5.92 Å². The molecule has 4 rings (SSSR count). The number of carbonyl (C=O) groups excluding carboxylic acids is 2. The van der Waals surface area contributed by atoms with Gasteiger partial charge in [-0.15, -0.1) is 11.8 Å². The van der Waals surface area contributed by atoms with Gasteiger partial charge in [0.15, 0.2) is 0 Å². The molecule has 0 spiro atoms. The van der Waals surface area contributed by atoms with Crippen LogP contribution < -0.4 is 10.6 Å². The van der Waals surface area contributed by atoms with Crippen molar-refractivity contribution in [2.45, 2.75) is 57.0 Å². The molecule has 1 fully saturated rings. The van der Waals surface area contributed by atoms with Gasteiger partial charge < -0.3 is 15.5 Å². The minimum absolute atomic E-state index is 0.0389. The van der Waals surface area contributed by atoms with Gasteiger partial charge in [0, 0.05) is 24.3 Å². The highest BCUT2D eigenvalue weighted by molar-refractivity contribution is 7.99. The third-order valence-electron chi connectivity index (χ3n) is 7.28. The van der Waals surface area contributed by atoms with Gasteiger partial charge in [0.2, 0.25) is 5.91 Å². The van der Waals surface area contributed by atoms with E-state index in [9.17, 15) is 9.59 Å². The summed E-state index contributed by atoms with van der Waals surface area (Å²) in [7, 11) is 0. The Morgan fingerprint density at radius 1 is 1.03 bits per heavy atom. The summed E-state index contributed by atoms with van der Waals surface area (Å²) in [4.78, 5) is 32.3. The van der Waals surface area contributed by atoms with Gasteiger partial charge in [0.05, 0.1) is 11.6 Å². The molecule has 2 aromatic carbocycles. The van der Waals surface area contributed by atoms with Crippen molar-refractivity contribution in [1.82, 2.24) is 15.2 Å². The van der Waals surface area contributed by atoms with Crippen LogP contribution in [0.4, 0.5) is 5.69 Å². The second-order valence-corrected chi connectivity index (χ2v) is 11.7. The summed E-state index contributed by atoms with van der Waals surface area (Å²) in [6, 6.07) is 22.2. The summed E-state index contributed by atoms with van der Waals surface area (Å²) < 4.78 is 0. The maximum absolute atomic E-state index is 13.3. The third kappa shape index (κ3) is 8.16. The predicted octanol–water partition coefficient (Wildman–Crippen LogP) is 6.53. The number of rotatable bonds is 11. The molecule has 0 bridgehead atoms. The van der Waals surface area contributed by atoms with E-state index >= 15 is 0 Å². The van der Waals surface area contributed by atoms with Crippen molar-refractivity contribution in [2.24, 2.45) is 5.92 Å². The van der Waals surface area contributed by atoms with Crippen molar-refractivity contribution in [1.29, 1.82) is 0 Å². The molecule has 1 aromatic heterocycles. The fourth-order valence-electron chi connectivity index (χ4n) is 5.02. The molecule has 0 aliphatic carbocycles. The number of nitrogens with one attached hydrogen (secondary N) is 2. The number of pyridine rings is 1. The number of carbonyl (C=O) groups is 2. The molecule has 0 saturated carbocycles. The minimum atomic E-state index is -0.0731. The lowest BCUT2D eigenvalue weighted by Crippen LogP contribution is -2.37. The molecule has 2 N–H and O–H groups in total. The summed E-state index contributed by atoms with van der Waals surface area (Å²) in [5.74, 6) is 1.29. The van der Waals surface area contributed by atoms with Gasteiger partial charge in [-0.05, 0) is 79.4 Å². The number of hydrogen-bond donors (Lipinski definition) is 2. The normalized spacial score (nSPS) is 15.2. The van der Waals surface area contributed by atoms with E-state index in [1.807, 2.05) is 56.3 Å². The molecule has 1 aliphatic rings. The Kier molecular flexibility index (Phi) is 10.6. The summed E-state index contributed by atoms with van der Waals surface area (Å²) in [6.07, 6.45) is 4.74. The Labute approximate surface area is 237 Å². The SMILES string of the molecule is CCSc1ncccc1C(=O)NC(CCN1CCC(c2cccc(NC(=O)C(C)C)c2)CC1)c1ccccc1. The summed E-state index contributed by atoms with van der Waals surface area (Å²) in [5, 5.41) is 7.10. The van der Waals surface area contributed by atoms with Crippen molar-refractivity contribution in [3.05, 3.63) is 89.6 Å². The molecule has 7 heteroatoms. The zero-order chi connectivity index (χ0) is 27.6. The fourth-order valence-corrected chi connectivity index (χ4v) is 5.74. The lowest BCUT2D eigenvalue weighted by molar-refractivity contribution is -0.118. The molecule has 206 valence electrons. The third-order valence-corrected chi connectivity index (χ3v) is 8.16. The number of hydrogen-bond acceptors (Lipinski definition) is 5. The molecule has 1 atom stereocenters. The number of benzene rings is 2. The topological polar surface area (TPSA) is 74.3 Å². The van der Waals surface area contributed by atoms with Crippen molar-refractivity contribution < 1.29 is 9.59 Å². The fraction of sp³-hybridized carbons (Fsp3) is 0.406. The van der Waals surface area contributed by atoms with Crippen molar-refractivity contribution in [3.63, 3.8) is 0 Å². The van der Waals surface area contributed by atoms with Crippen molar-refractivity contribution >= 4 is 29.3 Å². The number of piperidine rings is 1. The molecule has 1 aliphatic heterocycles. The van der Waals surface area contributed by atoms with E-state index in [0.717, 1.165) is 60.9 Å². The maximum Gasteiger partial charge on any atom is 0.254 e. The molecule has 2 amide bonds. The van der Waals surface area contributed by atoms with E-state index in [-0.39, 0.29) is 23.8 Å². The number of nitrogens with zero attached hydrogens (tertiary/aromatic N) is 2. The minimum Gasteiger partial charge on any atom is -0.345 e. The number of aromatic nitrogens is 1. The maximum atomic E-state index is 13.3. The van der Waals surface area contributed by atoms with E-state index in [1.54, 1.807) is 18.0 Å². The van der Waals surface area contributed by atoms with Crippen molar-refractivity contribution in [2.75, 3.05) is 30.7 Å². The van der Waals surface area contributed by atoms with Crippen LogP contribution in [0.15, 0.2) is 78.0 Å². The smallest absolute Gasteiger partial charge is 0.254 e. The first kappa shape index (κ1) is 28.8. The van der Waals surface area contributed by atoms with Gasteiger partial charge in [-0.2, -0.15) is 0 Å². The van der Waals surface area contributed by atoms with Gasteiger partial charge in [-0.25, -0.2) is 4.98 Å². The van der Waals surface area contributed by atoms with E-state index in [4.69, 9.17) is 0 Å². The van der Waals surface area contributed by atoms with Crippen LogP contribution in [-0.2, 0) is 4.79 Å². The number of thioether (sulfide) groups is 1. The largest absolute Gasteiger partial charge is 0.345 e. The van der Waals surface area contributed by atoms with E-state index < -0.39 is 0 Å². The number of likely N-dealkylation sites (tertiary alicyclic amines) is 1. The van der Waals surface area contributed by atoms with Crippen LogP contribution in [-0.4, -0.2) is 47.1 Å². The lowest BCUT2D eigenvalue weighted by atomic mass is 9.89. The van der Waals surface area contributed by atoms with Crippen molar-refractivity contribution in [3.8, 4) is 0 Å². The van der Waals surface area contributed by atoms with Crippen LogP contribution in [0.1, 0.15) is 73.5 Å². The number of anilines is 1. The van der Waals surface area contributed by atoms with Gasteiger partial charge in [-0.1, -0.05) is 63.2 Å². The average molecular weight is 545 g/mol. The molecule has 1 unspecified atom stereocenters. The molecule has 2 heterocycles. The molecule has 3 aromatic rings. The Bertz CT molecular complexity index is 1230. The lowest BCUT2D eigenvalue weighted by Gasteiger charge is -2.33. The van der Waals surface area contributed by atoms with Crippen LogP contribution in [0.25, 0.3) is 0 Å². The Hall–Kier alpha value is -3.16. The molecule has 6 nitrogen and oxygen atoms in total. The second-order valence-electron chi connectivity index (χ2n) is 10.4. The Morgan fingerprint density at radius 2 is 1.79 bits per heavy atom. The van der Waals surface area contributed by atoms with Gasteiger partial charge in [0.25, 0.3) is 5.91 Å². The summed E-state index contributed by atoms with van der Waals surface area (Å²) in [5.41, 5.74) is 3.93. The first-order chi connectivity index (χ1) is 18.9. The highest BCUT2D eigenvalue weighted by Gasteiger charge is 2.24. The Balaban J connectivity index is 1.35.